The van der Waals surface area contributed by atoms with Gasteiger partial charge in [0, 0.05) is 24.5 Å². The van der Waals surface area contributed by atoms with Crippen molar-refractivity contribution in [1.82, 2.24) is 25.5 Å². The number of nitrogens with one attached hydrogen (secondary N) is 2. The summed E-state index contributed by atoms with van der Waals surface area (Å²) in [5, 5.41) is 10.9. The van der Waals surface area contributed by atoms with Crippen molar-refractivity contribution in [2.75, 3.05) is 30.8 Å². The van der Waals surface area contributed by atoms with Gasteiger partial charge in [-0.25, -0.2) is 4.98 Å². The number of fused-ring (bicyclic) bond motifs is 1. The van der Waals surface area contributed by atoms with Crippen LogP contribution >= 0.6 is 0 Å². The molecule has 0 bridgehead atoms. The number of H-pyrrole nitrogens is 1. The van der Waals surface area contributed by atoms with Gasteiger partial charge in [0.1, 0.15) is 5.52 Å². The van der Waals surface area contributed by atoms with Crippen molar-refractivity contribution in [3.8, 4) is 0 Å². The van der Waals surface area contributed by atoms with Gasteiger partial charge in [-0.05, 0) is 13.5 Å². The molecule has 1 aliphatic heterocycles. The average molecular weight is 289 g/mol. The van der Waals surface area contributed by atoms with Crippen LogP contribution in [0.1, 0.15) is 32.9 Å². The highest BCUT2D eigenvalue weighted by molar-refractivity contribution is 5.89. The number of nitrogens with zero attached hydrogens (tertiary/aromatic N) is 4. The van der Waals surface area contributed by atoms with E-state index in [-0.39, 0.29) is 5.41 Å². The summed E-state index contributed by atoms with van der Waals surface area (Å²) in [6, 6.07) is 0.484. The molecule has 0 radical (unpaired) electrons. The summed E-state index contributed by atoms with van der Waals surface area (Å²) in [6.07, 6.45) is 1.10. The summed E-state index contributed by atoms with van der Waals surface area (Å²) in [4.78, 5) is 11.1. The van der Waals surface area contributed by atoms with Crippen molar-refractivity contribution >= 4 is 22.8 Å². The van der Waals surface area contributed by atoms with Gasteiger partial charge in [0.25, 0.3) is 0 Å². The fourth-order valence-corrected chi connectivity index (χ4v) is 2.83. The largest absolute Gasteiger partial charge is 0.368 e. The molecule has 2 aromatic heterocycles. The molecule has 0 aliphatic carbocycles. The molecule has 0 amide bonds. The van der Waals surface area contributed by atoms with E-state index in [9.17, 15) is 0 Å². The molecule has 0 unspecified atom stereocenters. The number of aromatic nitrogens is 4. The molecule has 0 saturated carbocycles. The molecular formula is C14H23N7. The van der Waals surface area contributed by atoms with Crippen LogP contribution in [0.3, 0.4) is 0 Å². The maximum absolute atomic E-state index is 5.92. The van der Waals surface area contributed by atoms with E-state index in [1.807, 2.05) is 7.05 Å². The van der Waals surface area contributed by atoms with Crippen molar-refractivity contribution < 1.29 is 0 Å². The van der Waals surface area contributed by atoms with Gasteiger partial charge in [-0.3, -0.25) is 5.10 Å². The number of rotatable bonds is 2. The second kappa shape index (κ2) is 4.84. The average Bonchev–Trinajstić information content (AvgIpc) is 3.02. The SMILES string of the molecule is CN[C@@H]1CCN(c2nc(N)nc3c(C(C)(C)C)[nH]nc23)C1. The minimum atomic E-state index is -0.0642. The first-order valence-electron chi connectivity index (χ1n) is 7.34. The third-order valence-corrected chi connectivity index (χ3v) is 4.05. The first-order chi connectivity index (χ1) is 9.90. The molecule has 7 heteroatoms. The Balaban J connectivity index is 2.10. The molecule has 3 rings (SSSR count). The number of likely N-dealkylation sites (N-methyl/N-ethyl adjacent to an activating group) is 1. The Bertz CT molecular complexity index is 655. The van der Waals surface area contributed by atoms with Crippen LogP contribution in [0.15, 0.2) is 0 Å². The Hall–Kier alpha value is -1.89. The molecule has 7 nitrogen and oxygen atoms in total. The van der Waals surface area contributed by atoms with Gasteiger partial charge < -0.3 is 16.0 Å². The number of hydrogen-bond donors (Lipinski definition) is 3. The molecular weight excluding hydrogens is 266 g/mol. The molecule has 4 N–H and O–H groups in total. The number of anilines is 2. The van der Waals surface area contributed by atoms with E-state index in [1.165, 1.54) is 0 Å². The lowest BCUT2D eigenvalue weighted by Crippen LogP contribution is -2.30. The number of aromatic amines is 1. The zero-order valence-electron chi connectivity index (χ0n) is 13.1. The minimum absolute atomic E-state index is 0.0642. The molecule has 1 saturated heterocycles. The topological polar surface area (TPSA) is 95.7 Å². The summed E-state index contributed by atoms with van der Waals surface area (Å²) in [7, 11) is 1.99. The number of hydrogen-bond acceptors (Lipinski definition) is 6. The fraction of sp³-hybridized carbons (Fsp3) is 0.643. The molecule has 1 fully saturated rings. The van der Waals surface area contributed by atoms with Gasteiger partial charge in [-0.15, -0.1) is 0 Å². The molecule has 0 aromatic carbocycles. The third-order valence-electron chi connectivity index (χ3n) is 4.05. The van der Waals surface area contributed by atoms with E-state index in [0.717, 1.165) is 42.1 Å². The monoisotopic (exact) mass is 289 g/mol. The van der Waals surface area contributed by atoms with Crippen molar-refractivity contribution in [3.05, 3.63) is 5.69 Å². The predicted octanol–water partition coefficient (Wildman–Crippen LogP) is 1.03. The second-order valence-corrected chi connectivity index (χ2v) is 6.67. The highest BCUT2D eigenvalue weighted by atomic mass is 15.3. The van der Waals surface area contributed by atoms with Crippen LogP contribution in [-0.4, -0.2) is 46.3 Å². The van der Waals surface area contributed by atoms with Crippen LogP contribution in [0, 0.1) is 0 Å². The van der Waals surface area contributed by atoms with E-state index in [4.69, 9.17) is 5.73 Å². The van der Waals surface area contributed by atoms with Crippen molar-refractivity contribution in [3.63, 3.8) is 0 Å². The van der Waals surface area contributed by atoms with Crippen molar-refractivity contribution in [2.45, 2.75) is 38.6 Å². The van der Waals surface area contributed by atoms with Crippen molar-refractivity contribution in [1.29, 1.82) is 0 Å². The fourth-order valence-electron chi connectivity index (χ4n) is 2.83. The van der Waals surface area contributed by atoms with Gasteiger partial charge in [0.05, 0.1) is 5.69 Å². The smallest absolute Gasteiger partial charge is 0.222 e. The maximum atomic E-state index is 5.92. The van der Waals surface area contributed by atoms with Crippen LogP contribution in [0.5, 0.6) is 0 Å². The number of nitrogens with two attached hydrogens (primary N) is 1. The molecule has 0 spiro atoms. The molecule has 21 heavy (non-hydrogen) atoms. The lowest BCUT2D eigenvalue weighted by Gasteiger charge is -2.19. The van der Waals surface area contributed by atoms with Crippen LogP contribution in [0.4, 0.5) is 11.8 Å². The Morgan fingerprint density at radius 2 is 2.05 bits per heavy atom. The van der Waals surface area contributed by atoms with E-state index >= 15 is 0 Å². The van der Waals surface area contributed by atoms with Crippen LogP contribution in [-0.2, 0) is 5.41 Å². The Morgan fingerprint density at radius 3 is 2.67 bits per heavy atom. The quantitative estimate of drug-likeness (QED) is 0.764. The summed E-state index contributed by atoms with van der Waals surface area (Å²) < 4.78 is 0. The van der Waals surface area contributed by atoms with Gasteiger partial charge in [-0.1, -0.05) is 20.8 Å². The second-order valence-electron chi connectivity index (χ2n) is 6.67. The van der Waals surface area contributed by atoms with E-state index in [1.54, 1.807) is 0 Å². The maximum Gasteiger partial charge on any atom is 0.222 e. The lowest BCUT2D eigenvalue weighted by molar-refractivity contribution is 0.570. The minimum Gasteiger partial charge on any atom is -0.368 e. The molecule has 114 valence electrons. The van der Waals surface area contributed by atoms with Gasteiger partial charge in [-0.2, -0.15) is 10.1 Å². The van der Waals surface area contributed by atoms with Gasteiger partial charge >= 0.3 is 0 Å². The molecule has 1 aliphatic rings. The highest BCUT2D eigenvalue weighted by Gasteiger charge is 2.28. The normalized spacial score (nSPS) is 19.6. The number of nitrogen functional groups attached to an aromatic ring is 1. The Morgan fingerprint density at radius 1 is 1.29 bits per heavy atom. The summed E-state index contributed by atoms with van der Waals surface area (Å²) >= 11 is 0. The van der Waals surface area contributed by atoms with E-state index in [0.29, 0.717) is 12.0 Å². The van der Waals surface area contributed by atoms with Crippen LogP contribution in [0.2, 0.25) is 0 Å². The van der Waals surface area contributed by atoms with E-state index < -0.39 is 0 Å². The first-order valence-corrected chi connectivity index (χ1v) is 7.34. The van der Waals surface area contributed by atoms with Crippen LogP contribution < -0.4 is 16.0 Å². The first kappa shape index (κ1) is 14.1. The summed E-state index contributed by atoms with van der Waals surface area (Å²) in [5.74, 6) is 1.14. The summed E-state index contributed by atoms with van der Waals surface area (Å²) in [5.41, 5.74) is 8.50. The predicted molar refractivity (Wildman–Crippen MR) is 84.5 cm³/mol. The summed E-state index contributed by atoms with van der Waals surface area (Å²) in [6.45, 7) is 8.26. The van der Waals surface area contributed by atoms with Crippen LogP contribution in [0.25, 0.3) is 11.0 Å². The zero-order chi connectivity index (χ0) is 15.2. The Labute approximate surface area is 124 Å². The molecule has 3 heterocycles. The Kier molecular flexibility index (Phi) is 3.24. The third kappa shape index (κ3) is 2.42. The van der Waals surface area contributed by atoms with Gasteiger partial charge in [0.2, 0.25) is 5.95 Å². The zero-order valence-corrected chi connectivity index (χ0v) is 13.1. The lowest BCUT2D eigenvalue weighted by atomic mass is 9.91. The van der Waals surface area contributed by atoms with Gasteiger partial charge in [0.15, 0.2) is 11.3 Å². The molecule has 2 aromatic rings. The van der Waals surface area contributed by atoms with Crippen molar-refractivity contribution in [2.24, 2.45) is 0 Å². The highest BCUT2D eigenvalue weighted by Crippen LogP contribution is 2.32. The standard InChI is InChI=1S/C14H23N7/c1-14(2,3)11-9-10(19-20-11)12(18-13(15)17-9)21-6-5-8(7-21)16-4/h8,16H,5-7H2,1-4H3,(H,19,20)(H2,15,17,18)/t8-/m1/s1. The van der Waals surface area contributed by atoms with E-state index in [2.05, 4.69) is 51.2 Å². The molecule has 1 atom stereocenters.